The fourth-order valence-electron chi connectivity index (χ4n) is 4.02. The minimum absolute atomic E-state index is 0.0733. The highest BCUT2D eigenvalue weighted by Crippen LogP contribution is 2.46. The van der Waals surface area contributed by atoms with E-state index < -0.39 is 12.5 Å². The van der Waals surface area contributed by atoms with Gasteiger partial charge in [0.15, 0.2) is 5.82 Å². The van der Waals surface area contributed by atoms with Crippen LogP contribution in [0.5, 0.6) is 0 Å². The number of hydrogen-bond acceptors (Lipinski definition) is 6. The number of urea groups is 1. The van der Waals surface area contributed by atoms with Crippen molar-refractivity contribution in [3.8, 4) is 0 Å². The Kier molecular flexibility index (Phi) is 5.00. The van der Waals surface area contributed by atoms with Gasteiger partial charge in [0.05, 0.1) is 30.6 Å². The lowest BCUT2D eigenvalue weighted by molar-refractivity contribution is 0.152. The number of rotatable bonds is 4. The number of nitrogens with one attached hydrogen (secondary N) is 1. The number of carbonyl (C=O) groups is 1. The molecule has 0 aromatic carbocycles. The van der Waals surface area contributed by atoms with Crippen molar-refractivity contribution in [1.82, 2.24) is 25.0 Å². The molecule has 4 N–H and O–H groups in total. The van der Waals surface area contributed by atoms with E-state index in [9.17, 15) is 18.7 Å². The summed E-state index contributed by atoms with van der Waals surface area (Å²) in [5, 5.41) is 17.5. The van der Waals surface area contributed by atoms with E-state index in [1.165, 1.54) is 12.3 Å². The Balaban J connectivity index is 1.76. The largest absolute Gasteiger partial charge is 0.397 e. The van der Waals surface area contributed by atoms with Crippen molar-refractivity contribution in [3.63, 3.8) is 0 Å². The minimum Gasteiger partial charge on any atom is -0.397 e. The van der Waals surface area contributed by atoms with Gasteiger partial charge in [0.1, 0.15) is 5.82 Å². The smallest absolute Gasteiger partial charge is 0.317 e. The second-order valence-electron chi connectivity index (χ2n) is 7.79. The topological polar surface area (TPSA) is 113 Å². The van der Waals surface area contributed by atoms with Crippen molar-refractivity contribution < 1.29 is 18.7 Å². The molecular weight excluding hydrogens is 396 g/mol. The van der Waals surface area contributed by atoms with Gasteiger partial charge in [-0.2, -0.15) is 5.10 Å². The van der Waals surface area contributed by atoms with E-state index in [-0.39, 0.29) is 35.1 Å². The van der Waals surface area contributed by atoms with Crippen LogP contribution < -0.4 is 16.0 Å². The number of carbonyl (C=O) groups excluding carboxylic acids is 1. The summed E-state index contributed by atoms with van der Waals surface area (Å²) in [7, 11) is 3.26. The number of alkyl halides is 2. The number of nitrogen functional groups attached to an aromatic ring is 1. The van der Waals surface area contributed by atoms with Crippen molar-refractivity contribution in [1.29, 1.82) is 0 Å². The molecule has 2 aliphatic rings. The van der Waals surface area contributed by atoms with Crippen molar-refractivity contribution >= 4 is 23.4 Å². The number of nitrogens with zero attached hydrogens (tertiary/aromatic N) is 5. The fourth-order valence-corrected chi connectivity index (χ4v) is 4.02. The average Bonchev–Trinajstić information content (AvgIpc) is 3.16. The maximum absolute atomic E-state index is 13.3. The zero-order valence-corrected chi connectivity index (χ0v) is 17.0. The Morgan fingerprint density at radius 3 is 2.77 bits per heavy atom. The zero-order valence-electron chi connectivity index (χ0n) is 17.0. The number of nitrogens with two attached hydrogens (primary N) is 1. The van der Waals surface area contributed by atoms with Crippen LogP contribution in [0.2, 0.25) is 0 Å². The van der Waals surface area contributed by atoms with Crippen molar-refractivity contribution in [2.45, 2.75) is 38.5 Å². The van der Waals surface area contributed by atoms with Gasteiger partial charge in [0.25, 0.3) is 6.43 Å². The minimum atomic E-state index is -2.72. The molecule has 0 bridgehead atoms. The number of fused-ring (bicyclic) bond motifs is 1. The van der Waals surface area contributed by atoms with E-state index in [1.54, 1.807) is 23.9 Å². The van der Waals surface area contributed by atoms with Gasteiger partial charge in [-0.05, 0) is 6.07 Å². The van der Waals surface area contributed by atoms with Crippen LogP contribution in [0.3, 0.4) is 0 Å². The molecule has 9 nitrogen and oxygen atoms in total. The van der Waals surface area contributed by atoms with Crippen LogP contribution in [-0.4, -0.2) is 57.5 Å². The van der Waals surface area contributed by atoms with Crippen LogP contribution in [0, 0.1) is 5.92 Å². The van der Waals surface area contributed by atoms with Gasteiger partial charge in [-0.25, -0.2) is 18.6 Å². The number of amides is 2. The molecule has 1 aliphatic carbocycles. The van der Waals surface area contributed by atoms with Crippen LogP contribution in [-0.2, 0) is 13.0 Å². The Labute approximate surface area is 172 Å². The second-order valence-corrected chi connectivity index (χ2v) is 7.79. The molecule has 11 heteroatoms. The average molecular weight is 421 g/mol. The van der Waals surface area contributed by atoms with Crippen LogP contribution in [0.15, 0.2) is 12.3 Å². The van der Waals surface area contributed by atoms with Gasteiger partial charge in [-0.15, -0.1) is 0 Å². The molecule has 1 fully saturated rings. The molecule has 0 radical (unpaired) electrons. The molecule has 3 unspecified atom stereocenters. The molecule has 1 aliphatic heterocycles. The van der Waals surface area contributed by atoms with Crippen molar-refractivity contribution in [2.75, 3.05) is 31.3 Å². The lowest BCUT2D eigenvalue weighted by Gasteiger charge is -2.28. The number of anilines is 3. The van der Waals surface area contributed by atoms with Crippen molar-refractivity contribution in [2.24, 2.45) is 5.92 Å². The summed E-state index contributed by atoms with van der Waals surface area (Å²) in [5.74, 6) is 0.861. The van der Waals surface area contributed by atoms with Crippen LogP contribution in [0.25, 0.3) is 0 Å². The third kappa shape index (κ3) is 3.22. The molecule has 30 heavy (non-hydrogen) atoms. The van der Waals surface area contributed by atoms with Gasteiger partial charge in [-0.1, -0.05) is 6.92 Å². The Bertz CT molecular complexity index is 972. The summed E-state index contributed by atoms with van der Waals surface area (Å²) >= 11 is 0. The third-order valence-corrected chi connectivity index (χ3v) is 5.98. The van der Waals surface area contributed by atoms with E-state index in [0.29, 0.717) is 25.3 Å². The molecule has 3 heterocycles. The number of hydrogen-bond donors (Lipinski definition) is 3. The van der Waals surface area contributed by atoms with Crippen LogP contribution in [0.4, 0.5) is 30.9 Å². The van der Waals surface area contributed by atoms with Crippen molar-refractivity contribution in [3.05, 3.63) is 29.1 Å². The first-order valence-electron chi connectivity index (χ1n) is 9.76. The predicted molar refractivity (Wildman–Crippen MR) is 107 cm³/mol. The molecule has 1 saturated carbocycles. The molecule has 0 spiro atoms. The van der Waals surface area contributed by atoms with Gasteiger partial charge >= 0.3 is 6.03 Å². The Morgan fingerprint density at radius 1 is 1.47 bits per heavy atom. The molecule has 0 saturated heterocycles. The molecule has 2 aromatic rings. The molecule has 3 atom stereocenters. The third-order valence-electron chi connectivity index (χ3n) is 5.98. The standard InChI is InChI=1S/C19H25F2N7O2/c1-9-15(16(9)29)28-13-4-5-27(19(30)23-2)8-11(13)18(25-28)26(3)14-6-10(17(20)21)12(22)7-24-14/h6-7,9,15-17,29H,4-5,8,22H2,1-3H3,(H,23,30). The van der Waals surface area contributed by atoms with Crippen LogP contribution >= 0.6 is 0 Å². The summed E-state index contributed by atoms with van der Waals surface area (Å²) in [6, 6.07) is 0.912. The maximum Gasteiger partial charge on any atom is 0.317 e. The molecule has 2 aromatic heterocycles. The van der Waals surface area contributed by atoms with Gasteiger partial charge in [0, 0.05) is 49.8 Å². The summed E-state index contributed by atoms with van der Waals surface area (Å²) in [4.78, 5) is 19.6. The predicted octanol–water partition coefficient (Wildman–Crippen LogP) is 1.81. The number of aliphatic hydroxyl groups excluding tert-OH is 1. The Hall–Kier alpha value is -2.95. The summed E-state index contributed by atoms with van der Waals surface area (Å²) in [6.07, 6.45) is -1.42. The summed E-state index contributed by atoms with van der Waals surface area (Å²) in [5.41, 5.74) is 7.02. The SMILES string of the molecule is CNC(=O)N1CCc2c(c(N(C)c3cc(C(F)F)c(N)cn3)nn2C2C(C)C2O)C1. The first-order valence-corrected chi connectivity index (χ1v) is 9.76. The van der Waals surface area contributed by atoms with E-state index >= 15 is 0 Å². The molecule has 2 amide bonds. The van der Waals surface area contributed by atoms with Gasteiger partial charge in [-0.3, -0.25) is 4.68 Å². The highest BCUT2D eigenvalue weighted by molar-refractivity contribution is 5.75. The first-order chi connectivity index (χ1) is 14.2. The van der Waals surface area contributed by atoms with E-state index in [1.807, 2.05) is 11.6 Å². The lowest BCUT2D eigenvalue weighted by atomic mass is 10.1. The van der Waals surface area contributed by atoms with E-state index in [0.717, 1.165) is 11.3 Å². The van der Waals surface area contributed by atoms with Gasteiger partial charge < -0.3 is 26.0 Å². The quantitative estimate of drug-likeness (QED) is 0.694. The number of halogens is 2. The second kappa shape index (κ2) is 7.38. The first kappa shape index (κ1) is 20.3. The summed E-state index contributed by atoms with van der Waals surface area (Å²) in [6.45, 7) is 2.79. The zero-order chi connectivity index (χ0) is 21.7. The number of aromatic nitrogens is 3. The lowest BCUT2D eigenvalue weighted by Crippen LogP contribution is -2.41. The summed E-state index contributed by atoms with van der Waals surface area (Å²) < 4.78 is 28.4. The van der Waals surface area contributed by atoms with Crippen LogP contribution in [0.1, 0.15) is 36.2 Å². The highest BCUT2D eigenvalue weighted by Gasteiger charge is 2.49. The Morgan fingerprint density at radius 2 is 2.17 bits per heavy atom. The van der Waals surface area contributed by atoms with Gasteiger partial charge in [0.2, 0.25) is 0 Å². The highest BCUT2D eigenvalue weighted by atomic mass is 19.3. The fraction of sp³-hybridized carbons (Fsp3) is 0.526. The van der Waals surface area contributed by atoms with E-state index in [4.69, 9.17) is 10.8 Å². The number of aliphatic hydroxyl groups is 1. The molecular formula is C19H25F2N7O2. The molecule has 4 rings (SSSR count). The molecule has 162 valence electrons. The normalized spacial score (nSPS) is 22.8. The van der Waals surface area contributed by atoms with E-state index in [2.05, 4.69) is 10.3 Å². The maximum atomic E-state index is 13.3. The number of pyridine rings is 1. The monoisotopic (exact) mass is 421 g/mol.